The second-order valence-electron chi connectivity index (χ2n) is 2.60. The first kappa shape index (κ1) is 7.91. The molecular formula is C9H6FNO2. The molecule has 66 valence electrons. The van der Waals surface area contributed by atoms with E-state index in [1.165, 1.54) is 0 Å². The highest BCUT2D eigenvalue weighted by Crippen LogP contribution is 2.18. The van der Waals surface area contributed by atoms with Gasteiger partial charge in [-0.1, -0.05) is 12.1 Å². The van der Waals surface area contributed by atoms with E-state index in [1.54, 1.807) is 18.2 Å². The first-order valence-electron chi connectivity index (χ1n) is 3.79. The Bertz CT molecular complexity index is 450. The maximum atomic E-state index is 12.6. The fraction of sp³-hybridized carbons (Fsp3) is 0.111. The number of hydrogen-bond acceptors (Lipinski definition) is 3. The Morgan fingerprint density at radius 1 is 1.54 bits per heavy atom. The lowest BCUT2D eigenvalue weighted by Gasteiger charge is -1.93. The third-order valence-corrected chi connectivity index (χ3v) is 1.78. The van der Waals surface area contributed by atoms with E-state index in [2.05, 4.69) is 9.40 Å². The predicted octanol–water partition coefficient (Wildman–Crippen LogP) is 1.71. The molecule has 1 aromatic heterocycles. The molecular weight excluding hydrogens is 173 g/mol. The minimum absolute atomic E-state index is 0.226. The molecule has 0 bridgehead atoms. The van der Waals surface area contributed by atoms with Gasteiger partial charge in [0, 0.05) is 6.42 Å². The van der Waals surface area contributed by atoms with Gasteiger partial charge in [0.15, 0.2) is 5.58 Å². The first-order valence-corrected chi connectivity index (χ1v) is 3.79. The molecule has 0 N–H and O–H groups in total. The van der Waals surface area contributed by atoms with E-state index in [4.69, 9.17) is 0 Å². The number of nitrogens with zero attached hydrogens (tertiary/aromatic N) is 1. The highest BCUT2D eigenvalue weighted by atomic mass is 19.1. The Labute approximate surface area is 73.2 Å². The monoisotopic (exact) mass is 179 g/mol. The summed E-state index contributed by atoms with van der Waals surface area (Å²) < 4.78 is 17.2. The maximum Gasteiger partial charge on any atom is 0.382 e. The van der Waals surface area contributed by atoms with Crippen LogP contribution in [0.2, 0.25) is 0 Å². The molecule has 0 unspecified atom stereocenters. The van der Waals surface area contributed by atoms with E-state index in [0.717, 1.165) is 6.29 Å². The van der Waals surface area contributed by atoms with Crippen molar-refractivity contribution in [1.82, 2.24) is 4.98 Å². The lowest BCUT2D eigenvalue weighted by atomic mass is 10.1. The van der Waals surface area contributed by atoms with E-state index in [1.807, 2.05) is 0 Å². The molecule has 2 rings (SSSR count). The zero-order valence-corrected chi connectivity index (χ0v) is 6.66. The average Bonchev–Trinajstić information content (AvgIpc) is 2.47. The van der Waals surface area contributed by atoms with Crippen LogP contribution in [0.15, 0.2) is 22.6 Å². The van der Waals surface area contributed by atoms with E-state index in [-0.39, 0.29) is 6.42 Å². The van der Waals surface area contributed by atoms with Crippen molar-refractivity contribution in [2.45, 2.75) is 6.42 Å². The van der Waals surface area contributed by atoms with Crippen molar-refractivity contribution >= 4 is 17.4 Å². The Kier molecular flexibility index (Phi) is 1.81. The third kappa shape index (κ3) is 1.30. The number of rotatable bonds is 2. The highest BCUT2D eigenvalue weighted by molar-refractivity contribution is 5.78. The summed E-state index contributed by atoms with van der Waals surface area (Å²) >= 11 is 0. The number of fused-ring (bicyclic) bond motifs is 1. The standard InChI is InChI=1S/C9H6FNO2/c10-9-11-8-6(4-5-12)2-1-3-7(8)13-9/h1-3,5H,4H2. The molecule has 0 aliphatic heterocycles. The molecule has 13 heavy (non-hydrogen) atoms. The number of benzene rings is 1. The van der Waals surface area contributed by atoms with Crippen molar-refractivity contribution < 1.29 is 13.6 Å². The summed E-state index contributed by atoms with van der Waals surface area (Å²) in [7, 11) is 0. The maximum absolute atomic E-state index is 12.6. The summed E-state index contributed by atoms with van der Waals surface area (Å²) in [5.74, 6) is 0. The number of halogens is 1. The Hall–Kier alpha value is -1.71. The van der Waals surface area contributed by atoms with E-state index in [0.29, 0.717) is 16.7 Å². The highest BCUT2D eigenvalue weighted by Gasteiger charge is 2.07. The van der Waals surface area contributed by atoms with Crippen molar-refractivity contribution in [3.8, 4) is 0 Å². The van der Waals surface area contributed by atoms with Crippen LogP contribution in [0.5, 0.6) is 0 Å². The van der Waals surface area contributed by atoms with E-state index in [9.17, 15) is 9.18 Å². The van der Waals surface area contributed by atoms with Crippen LogP contribution in [0.4, 0.5) is 4.39 Å². The zero-order valence-electron chi connectivity index (χ0n) is 6.66. The molecule has 1 heterocycles. The summed E-state index contributed by atoms with van der Waals surface area (Å²) in [6.07, 6.45) is 0.110. The predicted molar refractivity (Wildman–Crippen MR) is 43.7 cm³/mol. The average molecular weight is 179 g/mol. The topological polar surface area (TPSA) is 43.1 Å². The van der Waals surface area contributed by atoms with Crippen LogP contribution >= 0.6 is 0 Å². The van der Waals surface area contributed by atoms with Gasteiger partial charge in [0.2, 0.25) is 0 Å². The number of aromatic nitrogens is 1. The van der Waals surface area contributed by atoms with Crippen molar-refractivity contribution in [2.24, 2.45) is 0 Å². The normalized spacial score (nSPS) is 10.5. The lowest BCUT2D eigenvalue weighted by molar-refractivity contribution is -0.107. The van der Waals surface area contributed by atoms with Crippen LogP contribution in [0, 0.1) is 6.14 Å². The van der Waals surface area contributed by atoms with Gasteiger partial charge in [-0.05, 0) is 11.6 Å². The molecule has 0 radical (unpaired) electrons. The van der Waals surface area contributed by atoms with Crippen molar-refractivity contribution in [3.05, 3.63) is 29.9 Å². The first-order chi connectivity index (χ1) is 6.31. The molecule has 2 aromatic rings. The smallest absolute Gasteiger partial charge is 0.382 e. The van der Waals surface area contributed by atoms with Gasteiger partial charge >= 0.3 is 6.14 Å². The summed E-state index contributed by atoms with van der Waals surface area (Å²) in [5.41, 5.74) is 1.48. The number of carbonyl (C=O) groups is 1. The molecule has 0 aliphatic rings. The molecule has 0 fully saturated rings. The van der Waals surface area contributed by atoms with Gasteiger partial charge in [-0.25, -0.2) is 0 Å². The lowest BCUT2D eigenvalue weighted by Crippen LogP contribution is -1.86. The Morgan fingerprint density at radius 3 is 3.15 bits per heavy atom. The summed E-state index contributed by atoms with van der Waals surface area (Å²) in [6, 6.07) is 5.03. The van der Waals surface area contributed by atoms with Gasteiger partial charge in [0.25, 0.3) is 0 Å². The van der Waals surface area contributed by atoms with Crippen LogP contribution < -0.4 is 0 Å². The van der Waals surface area contributed by atoms with Crippen molar-refractivity contribution in [2.75, 3.05) is 0 Å². The molecule has 0 saturated heterocycles. The van der Waals surface area contributed by atoms with Gasteiger partial charge < -0.3 is 9.21 Å². The van der Waals surface area contributed by atoms with Gasteiger partial charge in [0.05, 0.1) is 0 Å². The van der Waals surface area contributed by atoms with Crippen LogP contribution in [-0.4, -0.2) is 11.3 Å². The second kappa shape index (κ2) is 2.97. The van der Waals surface area contributed by atoms with E-state index >= 15 is 0 Å². The molecule has 4 heteroatoms. The molecule has 0 atom stereocenters. The Balaban J connectivity index is 2.67. The fourth-order valence-electron chi connectivity index (χ4n) is 1.23. The number of hydrogen-bond donors (Lipinski definition) is 0. The van der Waals surface area contributed by atoms with Gasteiger partial charge in [-0.3, -0.25) is 0 Å². The van der Waals surface area contributed by atoms with Crippen LogP contribution in [0.25, 0.3) is 11.1 Å². The number of aldehydes is 1. The van der Waals surface area contributed by atoms with Crippen molar-refractivity contribution in [3.63, 3.8) is 0 Å². The number of oxazole rings is 1. The number of para-hydroxylation sites is 1. The molecule has 0 aliphatic carbocycles. The SMILES string of the molecule is O=CCc1cccc2oc(F)nc12. The fourth-order valence-corrected chi connectivity index (χ4v) is 1.23. The summed E-state index contributed by atoms with van der Waals surface area (Å²) in [4.78, 5) is 13.8. The van der Waals surface area contributed by atoms with Crippen molar-refractivity contribution in [1.29, 1.82) is 0 Å². The molecule has 1 aromatic carbocycles. The third-order valence-electron chi connectivity index (χ3n) is 1.78. The zero-order chi connectivity index (χ0) is 9.26. The molecule has 3 nitrogen and oxygen atoms in total. The van der Waals surface area contributed by atoms with Crippen LogP contribution in [-0.2, 0) is 11.2 Å². The van der Waals surface area contributed by atoms with Gasteiger partial charge in [-0.15, -0.1) is 4.39 Å². The quantitative estimate of drug-likeness (QED) is 0.659. The van der Waals surface area contributed by atoms with Crippen LogP contribution in [0.3, 0.4) is 0 Å². The second-order valence-corrected chi connectivity index (χ2v) is 2.60. The largest absolute Gasteiger partial charge is 0.415 e. The van der Waals surface area contributed by atoms with Gasteiger partial charge in [0.1, 0.15) is 11.8 Å². The molecule has 0 spiro atoms. The minimum atomic E-state index is -0.867. The summed E-state index contributed by atoms with van der Waals surface area (Å²) in [5, 5.41) is 0. The van der Waals surface area contributed by atoms with Crippen LogP contribution in [0.1, 0.15) is 5.56 Å². The molecule has 0 amide bonds. The Morgan fingerprint density at radius 2 is 2.38 bits per heavy atom. The van der Waals surface area contributed by atoms with Gasteiger partial charge in [-0.2, -0.15) is 4.98 Å². The van der Waals surface area contributed by atoms with E-state index < -0.39 is 6.14 Å². The summed E-state index contributed by atoms with van der Waals surface area (Å²) in [6.45, 7) is 0. The molecule has 0 saturated carbocycles. The minimum Gasteiger partial charge on any atom is -0.415 e. The number of carbonyl (C=O) groups excluding carboxylic acids is 1.